The van der Waals surface area contributed by atoms with Crippen molar-refractivity contribution in [2.75, 3.05) is 0 Å². The van der Waals surface area contributed by atoms with E-state index in [1.807, 2.05) is 0 Å². The normalized spacial score (nSPS) is 10.2. The molecule has 13 heavy (non-hydrogen) atoms. The molecule has 0 radical (unpaired) electrons. The van der Waals surface area contributed by atoms with Gasteiger partial charge in [-0.25, -0.2) is 4.98 Å². The van der Waals surface area contributed by atoms with E-state index in [9.17, 15) is 4.79 Å². The molecule has 0 spiro atoms. The minimum absolute atomic E-state index is 0.129. The summed E-state index contributed by atoms with van der Waals surface area (Å²) in [6, 6.07) is 1.47. The van der Waals surface area contributed by atoms with Gasteiger partial charge in [0, 0.05) is 12.3 Å². The highest BCUT2D eigenvalue weighted by Gasteiger charge is 2.02. The summed E-state index contributed by atoms with van der Waals surface area (Å²) < 4.78 is 0. The molecule has 1 N–H and O–H groups in total. The van der Waals surface area contributed by atoms with Crippen molar-refractivity contribution in [3.05, 3.63) is 34.0 Å². The van der Waals surface area contributed by atoms with Crippen LogP contribution in [-0.2, 0) is 0 Å². The Kier molecular flexibility index (Phi) is 1.94. The predicted octanol–water partition coefficient (Wildman–Crippen LogP) is 1.20. The fourth-order valence-electron chi connectivity index (χ4n) is 1.05. The Hall–Kier alpha value is -1.49. The SMILES string of the molecule is Cc1nc(-c2cncs2)cc(=O)[nH]1. The maximum Gasteiger partial charge on any atom is 0.251 e. The van der Waals surface area contributed by atoms with E-state index in [0.29, 0.717) is 11.5 Å². The van der Waals surface area contributed by atoms with Crippen LogP contribution in [0.4, 0.5) is 0 Å². The second kappa shape index (κ2) is 3.10. The average molecular weight is 193 g/mol. The van der Waals surface area contributed by atoms with Crippen LogP contribution in [0.1, 0.15) is 5.82 Å². The second-order valence-electron chi connectivity index (χ2n) is 2.58. The van der Waals surface area contributed by atoms with E-state index in [1.165, 1.54) is 17.4 Å². The van der Waals surface area contributed by atoms with Gasteiger partial charge in [-0.05, 0) is 6.92 Å². The van der Waals surface area contributed by atoms with E-state index in [1.54, 1.807) is 18.6 Å². The molecule has 5 heteroatoms. The van der Waals surface area contributed by atoms with Gasteiger partial charge in [0.15, 0.2) is 0 Å². The molecule has 0 saturated heterocycles. The van der Waals surface area contributed by atoms with Gasteiger partial charge >= 0.3 is 0 Å². The fraction of sp³-hybridized carbons (Fsp3) is 0.125. The lowest BCUT2D eigenvalue weighted by Gasteiger charge is -1.95. The lowest BCUT2D eigenvalue weighted by atomic mass is 10.3. The second-order valence-corrected chi connectivity index (χ2v) is 3.47. The highest BCUT2D eigenvalue weighted by molar-refractivity contribution is 7.13. The summed E-state index contributed by atoms with van der Waals surface area (Å²) in [5.41, 5.74) is 2.27. The zero-order valence-electron chi connectivity index (χ0n) is 6.94. The van der Waals surface area contributed by atoms with Crippen LogP contribution in [-0.4, -0.2) is 15.0 Å². The first-order valence-corrected chi connectivity index (χ1v) is 4.60. The van der Waals surface area contributed by atoms with E-state index >= 15 is 0 Å². The molecule has 0 atom stereocenters. The van der Waals surface area contributed by atoms with Crippen molar-refractivity contribution >= 4 is 11.3 Å². The third-order valence-electron chi connectivity index (χ3n) is 1.54. The monoisotopic (exact) mass is 193 g/mol. The molecule has 0 unspecified atom stereocenters. The third-order valence-corrected chi connectivity index (χ3v) is 2.34. The number of aromatic nitrogens is 3. The standard InChI is InChI=1S/C8H7N3OS/c1-5-10-6(2-8(12)11-5)7-3-9-4-13-7/h2-4H,1H3,(H,10,11,12). The molecule has 2 aromatic rings. The van der Waals surface area contributed by atoms with Gasteiger partial charge in [0.2, 0.25) is 0 Å². The van der Waals surface area contributed by atoms with Crippen LogP contribution in [0.3, 0.4) is 0 Å². The molecule has 0 fully saturated rings. The molecular weight excluding hydrogens is 186 g/mol. The van der Waals surface area contributed by atoms with Gasteiger partial charge in [0.1, 0.15) is 5.82 Å². The summed E-state index contributed by atoms with van der Waals surface area (Å²) in [5, 5.41) is 0. The zero-order chi connectivity index (χ0) is 9.26. The lowest BCUT2D eigenvalue weighted by molar-refractivity contribution is 1.03. The van der Waals surface area contributed by atoms with Crippen LogP contribution >= 0.6 is 11.3 Å². The van der Waals surface area contributed by atoms with Gasteiger partial charge in [-0.3, -0.25) is 9.78 Å². The van der Waals surface area contributed by atoms with Gasteiger partial charge in [-0.15, -0.1) is 11.3 Å². The molecule has 66 valence electrons. The Morgan fingerprint density at radius 2 is 2.38 bits per heavy atom. The fourth-order valence-corrected chi connectivity index (χ4v) is 1.63. The summed E-state index contributed by atoms with van der Waals surface area (Å²) in [6.07, 6.45) is 1.70. The summed E-state index contributed by atoms with van der Waals surface area (Å²) in [6.45, 7) is 1.76. The molecular formula is C8H7N3OS. The number of thiazole rings is 1. The Labute approximate surface area is 78.3 Å². The first-order valence-electron chi connectivity index (χ1n) is 3.72. The van der Waals surface area contributed by atoms with Gasteiger partial charge in [-0.2, -0.15) is 0 Å². The minimum Gasteiger partial charge on any atom is -0.311 e. The van der Waals surface area contributed by atoms with Crippen LogP contribution in [0.5, 0.6) is 0 Å². The molecule has 4 nitrogen and oxygen atoms in total. The van der Waals surface area contributed by atoms with E-state index < -0.39 is 0 Å². The van der Waals surface area contributed by atoms with Gasteiger partial charge in [0.25, 0.3) is 5.56 Å². The van der Waals surface area contributed by atoms with Crippen molar-refractivity contribution in [2.45, 2.75) is 6.92 Å². The van der Waals surface area contributed by atoms with E-state index in [4.69, 9.17) is 0 Å². The average Bonchev–Trinajstić information content (AvgIpc) is 2.53. The van der Waals surface area contributed by atoms with Crippen molar-refractivity contribution in [2.24, 2.45) is 0 Å². The summed E-state index contributed by atoms with van der Waals surface area (Å²) in [5.74, 6) is 0.621. The molecule has 2 rings (SSSR count). The van der Waals surface area contributed by atoms with Crippen LogP contribution < -0.4 is 5.56 Å². The maximum atomic E-state index is 11.1. The number of nitrogens with one attached hydrogen (secondary N) is 1. The molecule has 0 aliphatic rings. The lowest BCUT2D eigenvalue weighted by Crippen LogP contribution is -2.07. The van der Waals surface area contributed by atoms with Crippen molar-refractivity contribution < 1.29 is 0 Å². The summed E-state index contributed by atoms with van der Waals surface area (Å²) in [4.78, 5) is 22.7. The predicted molar refractivity (Wildman–Crippen MR) is 50.7 cm³/mol. The Balaban J connectivity index is 2.59. The number of hydrogen-bond acceptors (Lipinski definition) is 4. The van der Waals surface area contributed by atoms with Crippen LogP contribution in [0.25, 0.3) is 10.6 Å². The van der Waals surface area contributed by atoms with Gasteiger partial charge in [-0.1, -0.05) is 0 Å². The number of aryl methyl sites for hydroxylation is 1. The van der Waals surface area contributed by atoms with Crippen molar-refractivity contribution in [1.82, 2.24) is 15.0 Å². The zero-order valence-corrected chi connectivity index (χ0v) is 7.76. The molecule has 2 heterocycles. The van der Waals surface area contributed by atoms with Crippen molar-refractivity contribution in [3.8, 4) is 10.6 Å². The summed E-state index contributed by atoms with van der Waals surface area (Å²) in [7, 11) is 0. The smallest absolute Gasteiger partial charge is 0.251 e. The molecule has 0 aromatic carbocycles. The molecule has 0 amide bonds. The molecule has 0 bridgehead atoms. The van der Waals surface area contributed by atoms with Crippen LogP contribution in [0.2, 0.25) is 0 Å². The molecule has 0 aliphatic carbocycles. The first kappa shape index (κ1) is 8.12. The van der Waals surface area contributed by atoms with Crippen molar-refractivity contribution in [3.63, 3.8) is 0 Å². The largest absolute Gasteiger partial charge is 0.311 e. The highest BCUT2D eigenvalue weighted by atomic mass is 32.1. The topological polar surface area (TPSA) is 58.6 Å². The first-order chi connectivity index (χ1) is 6.25. The maximum absolute atomic E-state index is 11.1. The van der Waals surface area contributed by atoms with Gasteiger partial charge in [0.05, 0.1) is 16.1 Å². The van der Waals surface area contributed by atoms with Crippen LogP contribution in [0, 0.1) is 6.92 Å². The van der Waals surface area contributed by atoms with E-state index in [-0.39, 0.29) is 5.56 Å². The van der Waals surface area contributed by atoms with E-state index in [0.717, 1.165) is 4.88 Å². The van der Waals surface area contributed by atoms with Crippen LogP contribution in [0.15, 0.2) is 22.6 Å². The third kappa shape index (κ3) is 1.65. The Morgan fingerprint density at radius 3 is 3.00 bits per heavy atom. The molecule has 0 aliphatic heterocycles. The molecule has 2 aromatic heterocycles. The number of nitrogens with zero attached hydrogens (tertiary/aromatic N) is 2. The Morgan fingerprint density at radius 1 is 1.54 bits per heavy atom. The highest BCUT2D eigenvalue weighted by Crippen LogP contribution is 2.18. The number of hydrogen-bond donors (Lipinski definition) is 1. The molecule has 0 saturated carbocycles. The van der Waals surface area contributed by atoms with Gasteiger partial charge < -0.3 is 4.98 Å². The number of rotatable bonds is 1. The number of H-pyrrole nitrogens is 1. The van der Waals surface area contributed by atoms with E-state index in [2.05, 4.69) is 15.0 Å². The quantitative estimate of drug-likeness (QED) is 0.740. The number of aromatic amines is 1. The Bertz CT molecular complexity index is 460. The summed E-state index contributed by atoms with van der Waals surface area (Å²) >= 11 is 1.47. The van der Waals surface area contributed by atoms with Crippen molar-refractivity contribution in [1.29, 1.82) is 0 Å². The minimum atomic E-state index is -0.129.